The van der Waals surface area contributed by atoms with Crippen LogP contribution in [0.25, 0.3) is 78.4 Å². The van der Waals surface area contributed by atoms with Crippen LogP contribution in [-0.4, -0.2) is 19.9 Å². The lowest BCUT2D eigenvalue weighted by Gasteiger charge is -2.35. The zero-order chi connectivity index (χ0) is 36.3. The largest absolute Gasteiger partial charge is 0.265 e. The molecule has 9 aromatic rings. The number of hydrogen-bond donors (Lipinski definition) is 0. The first kappa shape index (κ1) is 31.2. The fourth-order valence-electron chi connectivity index (χ4n) is 8.96. The van der Waals surface area contributed by atoms with Crippen molar-refractivity contribution in [1.82, 2.24) is 19.9 Å². The van der Waals surface area contributed by atoms with Gasteiger partial charge in [0.05, 0.1) is 16.8 Å². The second-order valence-corrected chi connectivity index (χ2v) is 14.2. The number of nitrogens with zero attached hydrogens (tertiary/aromatic N) is 4. The van der Waals surface area contributed by atoms with Crippen LogP contribution in [0.15, 0.2) is 195 Å². The minimum absolute atomic E-state index is 0.522. The van der Waals surface area contributed by atoms with E-state index in [0.717, 1.165) is 39.2 Å². The van der Waals surface area contributed by atoms with Gasteiger partial charge in [-0.05, 0) is 103 Å². The quantitative estimate of drug-likeness (QED) is 0.183. The maximum Gasteiger partial charge on any atom is 0.160 e. The molecule has 3 aromatic heterocycles. The van der Waals surface area contributed by atoms with Crippen molar-refractivity contribution in [2.75, 3.05) is 0 Å². The van der Waals surface area contributed by atoms with Gasteiger partial charge in [0.15, 0.2) is 5.82 Å². The Labute approximate surface area is 319 Å². The van der Waals surface area contributed by atoms with E-state index in [1.165, 1.54) is 55.6 Å². The van der Waals surface area contributed by atoms with Crippen molar-refractivity contribution in [2.45, 2.75) is 5.41 Å². The first-order valence-electron chi connectivity index (χ1n) is 18.6. The average Bonchev–Trinajstić information content (AvgIpc) is 3.52. The van der Waals surface area contributed by atoms with E-state index >= 15 is 0 Å². The van der Waals surface area contributed by atoms with Crippen molar-refractivity contribution in [3.63, 3.8) is 0 Å². The first-order valence-corrected chi connectivity index (χ1v) is 18.6. The third-order valence-corrected chi connectivity index (χ3v) is 11.4. The highest BCUT2D eigenvalue weighted by Crippen LogP contribution is 2.61. The molecule has 0 unspecified atom stereocenters. The summed E-state index contributed by atoms with van der Waals surface area (Å²) in [7, 11) is 0. The van der Waals surface area contributed by atoms with E-state index in [-0.39, 0.29) is 0 Å². The van der Waals surface area contributed by atoms with Crippen LogP contribution in [0, 0.1) is 0 Å². The van der Waals surface area contributed by atoms with E-state index in [0.29, 0.717) is 5.82 Å². The molecule has 256 valence electrons. The molecule has 0 amide bonds. The predicted molar refractivity (Wildman–Crippen MR) is 221 cm³/mol. The molecule has 3 heterocycles. The summed E-state index contributed by atoms with van der Waals surface area (Å²) in [5.74, 6) is 0.670. The summed E-state index contributed by atoms with van der Waals surface area (Å²) >= 11 is 0. The molecule has 0 atom stereocenters. The average molecular weight is 701 g/mol. The van der Waals surface area contributed by atoms with Crippen LogP contribution < -0.4 is 0 Å². The molecule has 0 bridgehead atoms. The number of benzene rings is 6. The molecule has 6 aromatic carbocycles. The van der Waals surface area contributed by atoms with Gasteiger partial charge in [0.2, 0.25) is 0 Å². The Morgan fingerprint density at radius 3 is 1.27 bits per heavy atom. The summed E-state index contributed by atoms with van der Waals surface area (Å²) in [6, 6.07) is 61.4. The fraction of sp³-hybridized carbons (Fsp3) is 0.0196. The maximum atomic E-state index is 5.29. The zero-order valence-electron chi connectivity index (χ0n) is 29.8. The van der Waals surface area contributed by atoms with Gasteiger partial charge in [0, 0.05) is 41.5 Å². The molecular formula is C51H32N4. The molecule has 4 nitrogen and oxygen atoms in total. The van der Waals surface area contributed by atoms with E-state index in [1.54, 1.807) is 0 Å². The summed E-state index contributed by atoms with van der Waals surface area (Å²) < 4.78 is 0. The maximum absolute atomic E-state index is 5.29. The molecule has 0 saturated carbocycles. The summed E-state index contributed by atoms with van der Waals surface area (Å²) in [6.07, 6.45) is 7.27. The lowest BCUT2D eigenvalue weighted by atomic mass is 9.66. The molecule has 2 aliphatic rings. The lowest BCUT2D eigenvalue weighted by Crippen LogP contribution is -2.29. The third-order valence-electron chi connectivity index (χ3n) is 11.4. The molecule has 4 heteroatoms. The van der Waals surface area contributed by atoms with Crippen LogP contribution in [0.4, 0.5) is 0 Å². The third kappa shape index (κ3) is 4.78. The van der Waals surface area contributed by atoms with Gasteiger partial charge in [-0.25, -0.2) is 9.97 Å². The van der Waals surface area contributed by atoms with E-state index in [2.05, 4.69) is 156 Å². The minimum atomic E-state index is -0.522. The highest BCUT2D eigenvalue weighted by atomic mass is 14.9. The second kappa shape index (κ2) is 12.4. The molecule has 0 fully saturated rings. The summed E-state index contributed by atoms with van der Waals surface area (Å²) in [4.78, 5) is 18.9. The molecule has 55 heavy (non-hydrogen) atoms. The van der Waals surface area contributed by atoms with Crippen molar-refractivity contribution < 1.29 is 0 Å². The smallest absolute Gasteiger partial charge is 0.160 e. The van der Waals surface area contributed by atoms with Crippen molar-refractivity contribution in [2.24, 2.45) is 0 Å². The summed E-state index contributed by atoms with van der Waals surface area (Å²) in [5.41, 5.74) is 19.0. The monoisotopic (exact) mass is 700 g/mol. The van der Waals surface area contributed by atoms with Crippen molar-refractivity contribution in [3.05, 3.63) is 217 Å². The van der Waals surface area contributed by atoms with Crippen LogP contribution in [0.1, 0.15) is 22.3 Å². The molecule has 2 aliphatic carbocycles. The van der Waals surface area contributed by atoms with Gasteiger partial charge >= 0.3 is 0 Å². The number of aromatic nitrogens is 4. The van der Waals surface area contributed by atoms with E-state index in [4.69, 9.17) is 9.97 Å². The molecule has 0 saturated heterocycles. The second-order valence-electron chi connectivity index (χ2n) is 14.2. The SMILES string of the molecule is c1ccc2c(c1)-c1ccccc1C1(c3ccc(-c4cc(-c5ccncc5)nc(-c5ccc(-c6ccncc6)cc5)n4)cc3-2)c2ccccc2-c2ccccc21. The highest BCUT2D eigenvalue weighted by Gasteiger charge is 2.49. The van der Waals surface area contributed by atoms with Gasteiger partial charge < -0.3 is 0 Å². The molecule has 11 rings (SSSR count). The Bertz CT molecular complexity index is 2870. The van der Waals surface area contributed by atoms with Crippen LogP contribution in [0.5, 0.6) is 0 Å². The van der Waals surface area contributed by atoms with E-state index in [9.17, 15) is 0 Å². The van der Waals surface area contributed by atoms with Gasteiger partial charge in [0.25, 0.3) is 0 Å². The standard InChI is InChI=1S/C51H32N4/c1-2-10-39-38(9-1)40-11-3-6-14-44(40)51(45-15-7-4-12-41(45)42-13-5-8-16-46(42)51)47-22-21-37(31-43(39)47)49-32-48(35-25-29-53-30-26-35)54-50(55-49)36-19-17-33(18-20-36)34-23-27-52-28-24-34/h1-32H. The van der Waals surface area contributed by atoms with Crippen LogP contribution >= 0.6 is 0 Å². The van der Waals surface area contributed by atoms with Crippen molar-refractivity contribution >= 4 is 0 Å². The number of fused-ring (bicyclic) bond motifs is 12. The lowest BCUT2D eigenvalue weighted by molar-refractivity contribution is 0.775. The van der Waals surface area contributed by atoms with Crippen LogP contribution in [0.2, 0.25) is 0 Å². The van der Waals surface area contributed by atoms with Gasteiger partial charge in [-0.3, -0.25) is 9.97 Å². The first-order chi connectivity index (χ1) is 27.3. The summed E-state index contributed by atoms with van der Waals surface area (Å²) in [5, 5.41) is 0. The van der Waals surface area contributed by atoms with Crippen LogP contribution in [0.3, 0.4) is 0 Å². The van der Waals surface area contributed by atoms with Gasteiger partial charge in [-0.1, -0.05) is 133 Å². The Balaban J connectivity index is 1.16. The summed E-state index contributed by atoms with van der Waals surface area (Å²) in [6.45, 7) is 0. The number of pyridine rings is 2. The number of hydrogen-bond acceptors (Lipinski definition) is 4. The molecule has 0 N–H and O–H groups in total. The van der Waals surface area contributed by atoms with E-state index < -0.39 is 5.41 Å². The number of rotatable bonds is 4. The Morgan fingerprint density at radius 1 is 0.291 bits per heavy atom. The van der Waals surface area contributed by atoms with Gasteiger partial charge in [-0.2, -0.15) is 0 Å². The zero-order valence-corrected chi connectivity index (χ0v) is 29.8. The fourth-order valence-corrected chi connectivity index (χ4v) is 8.96. The van der Waals surface area contributed by atoms with Crippen molar-refractivity contribution in [3.8, 4) is 78.4 Å². The van der Waals surface area contributed by atoms with Gasteiger partial charge in [0.1, 0.15) is 0 Å². The van der Waals surface area contributed by atoms with E-state index in [1.807, 2.05) is 49.1 Å². The van der Waals surface area contributed by atoms with Crippen molar-refractivity contribution in [1.29, 1.82) is 0 Å². The minimum Gasteiger partial charge on any atom is -0.265 e. The van der Waals surface area contributed by atoms with Crippen LogP contribution in [-0.2, 0) is 5.41 Å². The molecular weight excluding hydrogens is 669 g/mol. The molecule has 1 spiro atoms. The van der Waals surface area contributed by atoms with Gasteiger partial charge in [-0.15, -0.1) is 0 Å². The topological polar surface area (TPSA) is 51.6 Å². The normalized spacial score (nSPS) is 12.9. The molecule has 0 radical (unpaired) electrons. The Hall–Kier alpha value is -7.30. The predicted octanol–water partition coefficient (Wildman–Crippen LogP) is 11.9. The highest BCUT2D eigenvalue weighted by molar-refractivity contribution is 5.98. The molecule has 0 aliphatic heterocycles. The Kier molecular flexibility index (Phi) is 7.04. The Morgan fingerprint density at radius 2 is 0.691 bits per heavy atom.